The van der Waals surface area contributed by atoms with Crippen LogP contribution in [-0.2, 0) is 14.8 Å². The van der Waals surface area contributed by atoms with Crippen molar-refractivity contribution in [3.05, 3.63) is 82.4 Å². The molecule has 1 N–H and O–H groups in total. The molecule has 0 saturated carbocycles. The molecule has 2 aromatic carbocycles. The van der Waals surface area contributed by atoms with Crippen LogP contribution in [0.4, 0.5) is 0 Å². The predicted molar refractivity (Wildman–Crippen MR) is 149 cm³/mol. The first-order valence-corrected chi connectivity index (χ1v) is 14.7. The summed E-state index contributed by atoms with van der Waals surface area (Å²) in [7, 11) is -3.50. The summed E-state index contributed by atoms with van der Waals surface area (Å²) in [5.41, 5.74) is 1.29. The van der Waals surface area contributed by atoms with E-state index in [4.69, 9.17) is 23.2 Å². The molecule has 0 bridgehead atoms. The molecule has 196 valence electrons. The van der Waals surface area contributed by atoms with E-state index in [0.717, 1.165) is 11.1 Å². The number of carbonyl (C=O) groups is 1. The molecule has 0 aromatic heterocycles. The van der Waals surface area contributed by atoms with Gasteiger partial charge in [-0.05, 0) is 68.5 Å². The van der Waals surface area contributed by atoms with Gasteiger partial charge in [-0.2, -0.15) is 0 Å². The predicted octanol–water partition coefficient (Wildman–Crippen LogP) is 6.74. The third-order valence-corrected chi connectivity index (χ3v) is 9.49. The molecule has 0 spiro atoms. The molecular weight excluding hydrogens is 515 g/mol. The van der Waals surface area contributed by atoms with Gasteiger partial charge in [0.2, 0.25) is 15.9 Å². The van der Waals surface area contributed by atoms with Gasteiger partial charge < -0.3 is 4.90 Å². The van der Waals surface area contributed by atoms with E-state index >= 15 is 0 Å². The van der Waals surface area contributed by atoms with Crippen molar-refractivity contribution in [3.63, 3.8) is 0 Å². The van der Waals surface area contributed by atoms with E-state index in [9.17, 15) is 13.2 Å². The number of carbonyl (C=O) groups excluding carboxylic acids is 1. The van der Waals surface area contributed by atoms with Crippen LogP contribution in [0.25, 0.3) is 0 Å². The molecule has 1 heterocycles. The number of allylic oxidation sites excluding steroid dienone is 1. The summed E-state index contributed by atoms with van der Waals surface area (Å²) in [5.74, 6) is -0.0699. The van der Waals surface area contributed by atoms with E-state index in [-0.39, 0.29) is 30.5 Å². The van der Waals surface area contributed by atoms with E-state index < -0.39 is 20.7 Å². The molecule has 1 amide bonds. The zero-order chi connectivity index (χ0) is 26.7. The second-order valence-electron chi connectivity index (χ2n) is 10.1. The van der Waals surface area contributed by atoms with E-state index in [1.54, 1.807) is 19.9 Å². The van der Waals surface area contributed by atoms with E-state index in [1.807, 2.05) is 67.3 Å². The Morgan fingerprint density at radius 1 is 1.14 bits per heavy atom. The van der Waals surface area contributed by atoms with Crippen LogP contribution in [0.15, 0.2) is 61.2 Å². The number of hydrogen-bond donors (Lipinski definition) is 1. The molecule has 0 radical (unpaired) electrons. The van der Waals surface area contributed by atoms with Crippen molar-refractivity contribution < 1.29 is 13.2 Å². The zero-order valence-electron chi connectivity index (χ0n) is 21.4. The maximum atomic E-state index is 14.2. The molecule has 0 aliphatic carbocycles. The van der Waals surface area contributed by atoms with Crippen molar-refractivity contribution in [2.24, 2.45) is 5.41 Å². The normalized spacial score (nSPS) is 23.6. The minimum absolute atomic E-state index is 0.00350. The Balaban J connectivity index is 2.18. The van der Waals surface area contributed by atoms with Crippen LogP contribution < -0.4 is 4.72 Å². The van der Waals surface area contributed by atoms with Crippen LogP contribution in [0.3, 0.4) is 0 Å². The lowest BCUT2D eigenvalue weighted by Crippen LogP contribution is -2.57. The maximum absolute atomic E-state index is 14.2. The first kappa shape index (κ1) is 28.7. The summed E-state index contributed by atoms with van der Waals surface area (Å²) < 4.78 is 27.9. The Morgan fingerprint density at radius 3 is 2.36 bits per heavy atom. The van der Waals surface area contributed by atoms with Crippen LogP contribution in [0.1, 0.15) is 70.0 Å². The van der Waals surface area contributed by atoms with Crippen LogP contribution >= 0.6 is 23.2 Å². The number of amides is 1. The molecule has 1 aliphatic rings. The quantitative estimate of drug-likeness (QED) is 0.333. The van der Waals surface area contributed by atoms with Gasteiger partial charge in [-0.15, -0.1) is 6.58 Å². The van der Waals surface area contributed by atoms with Crippen LogP contribution in [0, 0.1) is 5.41 Å². The van der Waals surface area contributed by atoms with Crippen molar-refractivity contribution in [2.45, 2.75) is 70.2 Å². The van der Waals surface area contributed by atoms with Gasteiger partial charge in [0.25, 0.3) is 0 Å². The highest BCUT2D eigenvalue weighted by molar-refractivity contribution is 7.90. The SMILES string of the molecule is C=CCC1(C)CC(c2cccc(Cl)c2)C(c2ccc(Cl)cc2)N(C(CC)CNS(=O)(=O)C(C)C)C1=O. The summed E-state index contributed by atoms with van der Waals surface area (Å²) >= 11 is 12.6. The summed E-state index contributed by atoms with van der Waals surface area (Å²) in [6.45, 7) is 11.3. The molecule has 3 rings (SSSR count). The second-order valence-corrected chi connectivity index (χ2v) is 13.3. The summed E-state index contributed by atoms with van der Waals surface area (Å²) in [5, 5.41) is 0.678. The first-order chi connectivity index (χ1) is 16.9. The second kappa shape index (κ2) is 11.7. The molecule has 5 nitrogen and oxygen atoms in total. The highest BCUT2D eigenvalue weighted by atomic mass is 35.5. The Morgan fingerprint density at radius 2 is 1.81 bits per heavy atom. The van der Waals surface area contributed by atoms with E-state index in [1.165, 1.54) is 0 Å². The molecule has 2 aromatic rings. The molecule has 8 heteroatoms. The number of nitrogens with one attached hydrogen (secondary N) is 1. The Kier molecular flexibility index (Phi) is 9.31. The third-order valence-electron chi connectivity index (χ3n) is 7.19. The number of benzene rings is 2. The molecule has 1 aliphatic heterocycles. The third kappa shape index (κ3) is 6.16. The first-order valence-electron chi connectivity index (χ1n) is 12.4. The standard InChI is InChI=1S/C28H36Cl2N2O3S/c1-6-15-28(5)17-25(21-9-8-10-23(30)16-21)26(20-11-13-22(29)14-12-20)32(27(28)33)24(7-2)18-31-36(34,35)19(3)4/h6,8-14,16,19,24-26,31H,1,7,15,17-18H2,2-5H3. The van der Waals surface area contributed by atoms with Crippen LogP contribution in [0.2, 0.25) is 10.0 Å². The van der Waals surface area contributed by atoms with Gasteiger partial charge in [0, 0.05) is 28.5 Å². The maximum Gasteiger partial charge on any atom is 0.229 e. The lowest BCUT2D eigenvalue weighted by Gasteiger charge is -2.52. The van der Waals surface area contributed by atoms with Gasteiger partial charge in [-0.3, -0.25) is 4.79 Å². The molecule has 1 saturated heterocycles. The largest absolute Gasteiger partial charge is 0.330 e. The van der Waals surface area contributed by atoms with Gasteiger partial charge >= 0.3 is 0 Å². The average Bonchev–Trinajstić information content (AvgIpc) is 2.82. The highest BCUT2D eigenvalue weighted by Gasteiger charge is 2.50. The topological polar surface area (TPSA) is 66.5 Å². The number of nitrogens with zero attached hydrogens (tertiary/aromatic N) is 1. The Bertz CT molecular complexity index is 1180. The van der Waals surface area contributed by atoms with Gasteiger partial charge in [0.05, 0.1) is 16.7 Å². The molecule has 1 fully saturated rings. The van der Waals surface area contributed by atoms with E-state index in [0.29, 0.717) is 29.3 Å². The van der Waals surface area contributed by atoms with Crippen molar-refractivity contribution in [1.29, 1.82) is 0 Å². The van der Waals surface area contributed by atoms with Gasteiger partial charge in [0.15, 0.2) is 0 Å². The number of piperidine rings is 1. The lowest BCUT2D eigenvalue weighted by atomic mass is 9.67. The van der Waals surface area contributed by atoms with E-state index in [2.05, 4.69) is 11.3 Å². The van der Waals surface area contributed by atoms with Gasteiger partial charge in [0.1, 0.15) is 0 Å². The van der Waals surface area contributed by atoms with Crippen LogP contribution in [0.5, 0.6) is 0 Å². The smallest absolute Gasteiger partial charge is 0.229 e. The number of halogens is 2. The fourth-order valence-electron chi connectivity index (χ4n) is 5.11. The van der Waals surface area contributed by atoms with Crippen molar-refractivity contribution in [1.82, 2.24) is 9.62 Å². The summed E-state index contributed by atoms with van der Waals surface area (Å²) in [4.78, 5) is 16.1. The Labute approximate surface area is 225 Å². The monoisotopic (exact) mass is 550 g/mol. The minimum Gasteiger partial charge on any atom is -0.330 e. The Hall–Kier alpha value is -1.86. The number of sulfonamides is 1. The summed E-state index contributed by atoms with van der Waals surface area (Å²) in [6, 6.07) is 14.7. The molecule has 36 heavy (non-hydrogen) atoms. The number of hydrogen-bond acceptors (Lipinski definition) is 3. The highest BCUT2D eigenvalue weighted by Crippen LogP contribution is 2.52. The average molecular weight is 552 g/mol. The summed E-state index contributed by atoms with van der Waals surface area (Å²) in [6.07, 6.45) is 3.50. The fourth-order valence-corrected chi connectivity index (χ4v) is 6.19. The molecular formula is C28H36Cl2N2O3S. The van der Waals surface area contributed by atoms with Crippen molar-refractivity contribution in [2.75, 3.05) is 6.54 Å². The number of likely N-dealkylation sites (tertiary alicyclic amines) is 1. The minimum atomic E-state index is -3.50. The zero-order valence-corrected chi connectivity index (χ0v) is 23.7. The molecule has 4 atom stereocenters. The van der Waals surface area contributed by atoms with Crippen molar-refractivity contribution >= 4 is 39.1 Å². The van der Waals surface area contributed by atoms with Gasteiger partial charge in [-0.25, -0.2) is 13.1 Å². The van der Waals surface area contributed by atoms with Crippen molar-refractivity contribution in [3.8, 4) is 0 Å². The fraction of sp³-hybridized carbons (Fsp3) is 0.464. The lowest BCUT2D eigenvalue weighted by molar-refractivity contribution is -0.154. The molecule has 4 unspecified atom stereocenters. The van der Waals surface area contributed by atoms with Gasteiger partial charge in [-0.1, -0.05) is 67.4 Å². The number of rotatable bonds is 10. The van der Waals surface area contributed by atoms with Crippen LogP contribution in [-0.4, -0.2) is 37.1 Å².